The van der Waals surface area contributed by atoms with Crippen LogP contribution in [0.15, 0.2) is 18.2 Å². The molecule has 0 heterocycles. The lowest BCUT2D eigenvalue weighted by Gasteiger charge is -2.14. The molecule has 0 aliphatic heterocycles. The first-order valence-electron chi connectivity index (χ1n) is 6.23. The molecule has 100 valence electrons. The molecule has 0 bridgehead atoms. The third-order valence-electron chi connectivity index (χ3n) is 3.27. The standard InChI is InChI=1S/C14H20N2O.ClH/c1-9-3-6-12(15)8-13(9)14(17)16-10(2)7-11-4-5-11;/h3,6,8,10-11H,4-5,7,15H2,1-2H3,(H,16,17);1H. The van der Waals surface area contributed by atoms with Crippen molar-refractivity contribution < 1.29 is 4.79 Å². The molecule has 1 amide bonds. The van der Waals surface area contributed by atoms with Gasteiger partial charge >= 0.3 is 0 Å². The fraction of sp³-hybridized carbons (Fsp3) is 0.500. The minimum absolute atomic E-state index is 0. The molecule has 1 unspecified atom stereocenters. The third kappa shape index (κ3) is 3.91. The van der Waals surface area contributed by atoms with E-state index in [4.69, 9.17) is 5.73 Å². The average molecular weight is 269 g/mol. The molecule has 3 N–H and O–H groups in total. The average Bonchev–Trinajstić information content (AvgIpc) is 3.05. The van der Waals surface area contributed by atoms with E-state index in [2.05, 4.69) is 12.2 Å². The highest BCUT2D eigenvalue weighted by atomic mass is 35.5. The lowest BCUT2D eigenvalue weighted by molar-refractivity contribution is 0.0937. The van der Waals surface area contributed by atoms with Gasteiger partial charge in [-0.2, -0.15) is 0 Å². The van der Waals surface area contributed by atoms with Gasteiger partial charge in [0.1, 0.15) is 0 Å². The van der Waals surface area contributed by atoms with Crippen LogP contribution in [0, 0.1) is 12.8 Å². The zero-order valence-electron chi connectivity index (χ0n) is 10.9. The molecule has 0 spiro atoms. The fourth-order valence-electron chi connectivity index (χ4n) is 2.10. The molecular weight excluding hydrogens is 248 g/mol. The molecule has 1 fully saturated rings. The molecule has 2 rings (SSSR count). The summed E-state index contributed by atoms with van der Waals surface area (Å²) in [7, 11) is 0. The largest absolute Gasteiger partial charge is 0.399 e. The maximum Gasteiger partial charge on any atom is 0.251 e. The van der Waals surface area contributed by atoms with E-state index in [9.17, 15) is 4.79 Å². The summed E-state index contributed by atoms with van der Waals surface area (Å²) in [5.41, 5.74) is 8.00. The molecule has 18 heavy (non-hydrogen) atoms. The first-order valence-corrected chi connectivity index (χ1v) is 6.23. The van der Waals surface area contributed by atoms with Crippen LogP contribution in [0.4, 0.5) is 5.69 Å². The monoisotopic (exact) mass is 268 g/mol. The Hall–Kier alpha value is -1.22. The van der Waals surface area contributed by atoms with Gasteiger partial charge in [0.25, 0.3) is 5.91 Å². The summed E-state index contributed by atoms with van der Waals surface area (Å²) in [4.78, 5) is 12.1. The second kappa shape index (κ2) is 6.10. The number of nitrogen functional groups attached to an aromatic ring is 1. The molecule has 1 saturated carbocycles. The second-order valence-corrected chi connectivity index (χ2v) is 5.13. The van der Waals surface area contributed by atoms with E-state index >= 15 is 0 Å². The van der Waals surface area contributed by atoms with Gasteiger partial charge in [-0.05, 0) is 43.9 Å². The first-order chi connectivity index (χ1) is 8.06. The van der Waals surface area contributed by atoms with Crippen LogP contribution in [0.5, 0.6) is 0 Å². The Morgan fingerprint density at radius 3 is 2.78 bits per heavy atom. The van der Waals surface area contributed by atoms with E-state index < -0.39 is 0 Å². The van der Waals surface area contributed by atoms with Crippen molar-refractivity contribution in [1.29, 1.82) is 0 Å². The predicted octanol–water partition coefficient (Wildman–Crippen LogP) is 2.92. The number of rotatable bonds is 4. The SMILES string of the molecule is Cc1ccc(N)cc1C(=O)NC(C)CC1CC1.Cl. The van der Waals surface area contributed by atoms with Gasteiger partial charge in [-0.15, -0.1) is 12.4 Å². The van der Waals surface area contributed by atoms with Gasteiger partial charge in [-0.3, -0.25) is 4.79 Å². The topological polar surface area (TPSA) is 55.1 Å². The van der Waals surface area contributed by atoms with E-state index in [1.165, 1.54) is 12.8 Å². The van der Waals surface area contributed by atoms with Crippen molar-refractivity contribution in [3.05, 3.63) is 29.3 Å². The maximum absolute atomic E-state index is 12.1. The summed E-state index contributed by atoms with van der Waals surface area (Å²) in [5, 5.41) is 3.04. The fourth-order valence-corrected chi connectivity index (χ4v) is 2.10. The third-order valence-corrected chi connectivity index (χ3v) is 3.27. The summed E-state index contributed by atoms with van der Waals surface area (Å²) < 4.78 is 0. The van der Waals surface area contributed by atoms with Gasteiger partial charge < -0.3 is 11.1 Å². The summed E-state index contributed by atoms with van der Waals surface area (Å²) >= 11 is 0. The summed E-state index contributed by atoms with van der Waals surface area (Å²) in [6, 6.07) is 5.69. The van der Waals surface area contributed by atoms with Crippen LogP contribution in [0.25, 0.3) is 0 Å². The van der Waals surface area contributed by atoms with Crippen molar-refractivity contribution >= 4 is 24.0 Å². The van der Waals surface area contributed by atoms with Crippen LogP contribution < -0.4 is 11.1 Å². The summed E-state index contributed by atoms with van der Waals surface area (Å²) in [6.07, 6.45) is 3.72. The van der Waals surface area contributed by atoms with Crippen molar-refractivity contribution in [2.24, 2.45) is 5.92 Å². The number of nitrogens with one attached hydrogen (secondary N) is 1. The minimum atomic E-state index is -0.0112. The smallest absolute Gasteiger partial charge is 0.251 e. The van der Waals surface area contributed by atoms with Crippen LogP contribution in [-0.4, -0.2) is 11.9 Å². The van der Waals surface area contributed by atoms with E-state index in [-0.39, 0.29) is 24.4 Å². The predicted molar refractivity (Wildman–Crippen MR) is 77.1 cm³/mol. The zero-order chi connectivity index (χ0) is 12.4. The Morgan fingerprint density at radius 2 is 2.17 bits per heavy atom. The highest BCUT2D eigenvalue weighted by Crippen LogP contribution is 2.33. The summed E-state index contributed by atoms with van der Waals surface area (Å²) in [6.45, 7) is 4.00. The molecule has 3 nitrogen and oxygen atoms in total. The number of hydrogen-bond donors (Lipinski definition) is 2. The Bertz CT molecular complexity index is 430. The molecule has 4 heteroatoms. The number of amides is 1. The quantitative estimate of drug-likeness (QED) is 0.825. The van der Waals surface area contributed by atoms with Gasteiger partial charge in [-0.25, -0.2) is 0 Å². The molecule has 0 radical (unpaired) electrons. The highest BCUT2D eigenvalue weighted by molar-refractivity contribution is 5.96. The molecule has 1 aromatic carbocycles. The minimum Gasteiger partial charge on any atom is -0.399 e. The van der Waals surface area contributed by atoms with E-state index in [0.717, 1.165) is 17.9 Å². The lowest BCUT2D eigenvalue weighted by atomic mass is 10.1. The Kier molecular flexibility index (Phi) is 5.03. The number of anilines is 1. The van der Waals surface area contributed by atoms with Crippen molar-refractivity contribution in [2.45, 2.75) is 39.2 Å². The van der Waals surface area contributed by atoms with Gasteiger partial charge in [0.15, 0.2) is 0 Å². The molecule has 0 saturated heterocycles. The Morgan fingerprint density at radius 1 is 1.50 bits per heavy atom. The van der Waals surface area contributed by atoms with Crippen LogP contribution >= 0.6 is 12.4 Å². The van der Waals surface area contributed by atoms with Crippen LogP contribution in [-0.2, 0) is 0 Å². The number of carbonyl (C=O) groups excluding carboxylic acids is 1. The lowest BCUT2D eigenvalue weighted by Crippen LogP contribution is -2.33. The van der Waals surface area contributed by atoms with Gasteiger partial charge in [-0.1, -0.05) is 18.9 Å². The van der Waals surface area contributed by atoms with Gasteiger partial charge in [0.05, 0.1) is 0 Å². The molecule has 1 aromatic rings. The van der Waals surface area contributed by atoms with E-state index in [1.54, 1.807) is 6.07 Å². The van der Waals surface area contributed by atoms with Gasteiger partial charge in [0.2, 0.25) is 0 Å². The van der Waals surface area contributed by atoms with Crippen molar-refractivity contribution in [2.75, 3.05) is 5.73 Å². The van der Waals surface area contributed by atoms with Crippen molar-refractivity contribution in [3.8, 4) is 0 Å². The normalized spacial score (nSPS) is 15.7. The van der Waals surface area contributed by atoms with Crippen molar-refractivity contribution in [1.82, 2.24) is 5.32 Å². The maximum atomic E-state index is 12.1. The molecule has 1 aliphatic carbocycles. The number of benzene rings is 1. The number of nitrogens with two attached hydrogens (primary N) is 1. The van der Waals surface area contributed by atoms with Crippen molar-refractivity contribution in [3.63, 3.8) is 0 Å². The van der Waals surface area contributed by atoms with E-state index in [1.807, 2.05) is 19.1 Å². The Labute approximate surface area is 115 Å². The first kappa shape index (κ1) is 14.8. The highest BCUT2D eigenvalue weighted by Gasteiger charge is 2.24. The Balaban J connectivity index is 0.00000162. The summed E-state index contributed by atoms with van der Waals surface area (Å²) in [5.74, 6) is 0.815. The molecule has 1 aliphatic rings. The van der Waals surface area contributed by atoms with E-state index in [0.29, 0.717) is 11.3 Å². The number of carbonyl (C=O) groups is 1. The molecular formula is C14H21ClN2O. The van der Waals surface area contributed by atoms with Gasteiger partial charge in [0, 0.05) is 17.3 Å². The van der Waals surface area contributed by atoms with Crippen LogP contribution in [0.3, 0.4) is 0 Å². The zero-order valence-corrected chi connectivity index (χ0v) is 11.7. The van der Waals surface area contributed by atoms with Crippen LogP contribution in [0.2, 0.25) is 0 Å². The number of hydrogen-bond acceptors (Lipinski definition) is 2. The number of halogens is 1. The second-order valence-electron chi connectivity index (χ2n) is 5.13. The molecule has 0 aromatic heterocycles. The van der Waals surface area contributed by atoms with Crippen LogP contribution in [0.1, 0.15) is 42.1 Å². The number of aryl methyl sites for hydroxylation is 1. The molecule has 1 atom stereocenters.